The fourth-order valence-corrected chi connectivity index (χ4v) is 2.72. The van der Waals surface area contributed by atoms with E-state index in [-0.39, 0.29) is 51.4 Å². The molecule has 2 aromatic heterocycles. The zero-order chi connectivity index (χ0) is 23.3. The third kappa shape index (κ3) is 8.44. The molecule has 9 nitrogen and oxygen atoms in total. The number of benzene rings is 2. The minimum Gasteiger partial charge on any atom is -0.547 e. The first kappa shape index (κ1) is 28.6. The van der Waals surface area contributed by atoms with E-state index in [9.17, 15) is 14.7 Å². The first-order valence-corrected chi connectivity index (χ1v) is 9.46. The number of carboxylic acid groups (broad SMARTS) is 1. The third-order valence-electron chi connectivity index (χ3n) is 4.21. The summed E-state index contributed by atoms with van der Waals surface area (Å²) >= 11 is 0. The van der Waals surface area contributed by atoms with Crippen LogP contribution in [0.5, 0.6) is 0 Å². The number of carboxylic acids is 1. The molecule has 0 aliphatic heterocycles. The number of aliphatic hydroxyl groups excluding tert-OH is 1. The number of rotatable bonds is 6. The standard InChI is InChI=1S/C12H12N2O3.C10H8N2O.CH4O.K/c1-17-11(12(15)16)9-3-5-10(6-4-9)14-8-2-7-13-14;13-8-9-2-4-10(5-3-9)12-7-1-6-11-12;1-2;/h2-8,11H,1H3,(H,15,16);1-8H;2H,1H3;/q;;;+1/p-1. The number of aromatic nitrogens is 4. The molecule has 0 radical (unpaired) electrons. The van der Waals surface area contributed by atoms with Gasteiger partial charge < -0.3 is 19.7 Å². The summed E-state index contributed by atoms with van der Waals surface area (Å²) in [4.78, 5) is 21.2. The Kier molecular flexibility index (Phi) is 13.3. The molecule has 33 heavy (non-hydrogen) atoms. The number of aliphatic carboxylic acids is 1. The first-order valence-electron chi connectivity index (χ1n) is 9.46. The van der Waals surface area contributed by atoms with Crippen molar-refractivity contribution in [2.24, 2.45) is 0 Å². The molecular weight excluding hydrogens is 451 g/mol. The van der Waals surface area contributed by atoms with Crippen LogP contribution in [0.15, 0.2) is 85.5 Å². The van der Waals surface area contributed by atoms with E-state index < -0.39 is 12.1 Å². The maximum Gasteiger partial charge on any atom is 1.00 e. The van der Waals surface area contributed by atoms with E-state index >= 15 is 0 Å². The smallest absolute Gasteiger partial charge is 0.547 e. The quantitative estimate of drug-likeness (QED) is 0.270. The van der Waals surface area contributed by atoms with Gasteiger partial charge in [-0.25, -0.2) is 9.36 Å². The number of carbonyl (C=O) groups excluding carboxylic acids is 2. The summed E-state index contributed by atoms with van der Waals surface area (Å²) < 4.78 is 8.27. The van der Waals surface area contributed by atoms with Crippen molar-refractivity contribution >= 4 is 12.3 Å². The van der Waals surface area contributed by atoms with E-state index in [4.69, 9.17) is 9.84 Å². The molecule has 0 amide bonds. The van der Waals surface area contributed by atoms with E-state index in [0.29, 0.717) is 11.1 Å². The average Bonchev–Trinajstić information content (AvgIpc) is 3.56. The maximum absolute atomic E-state index is 10.8. The molecule has 0 saturated heterocycles. The number of nitrogens with zero attached hydrogens (tertiary/aromatic N) is 4. The molecule has 166 valence electrons. The van der Waals surface area contributed by atoms with Crippen LogP contribution < -0.4 is 56.5 Å². The number of methoxy groups -OCH3 is 1. The molecule has 2 heterocycles. The van der Waals surface area contributed by atoms with Crippen molar-refractivity contribution in [3.63, 3.8) is 0 Å². The Morgan fingerprint density at radius 1 is 0.939 bits per heavy atom. The Morgan fingerprint density at radius 3 is 1.73 bits per heavy atom. The van der Waals surface area contributed by atoms with Gasteiger partial charge in [0.25, 0.3) is 0 Å². The van der Waals surface area contributed by atoms with Gasteiger partial charge in [0, 0.05) is 44.6 Å². The van der Waals surface area contributed by atoms with Crippen molar-refractivity contribution in [2.75, 3.05) is 14.2 Å². The van der Waals surface area contributed by atoms with Crippen LogP contribution in [0.2, 0.25) is 0 Å². The van der Waals surface area contributed by atoms with Gasteiger partial charge in [-0.05, 0) is 54.1 Å². The topological polar surface area (TPSA) is 122 Å². The summed E-state index contributed by atoms with van der Waals surface area (Å²) in [6, 6.07) is 17.8. The van der Waals surface area contributed by atoms with Crippen LogP contribution in [0.4, 0.5) is 0 Å². The molecule has 0 spiro atoms. The van der Waals surface area contributed by atoms with Crippen LogP contribution >= 0.6 is 0 Å². The fourth-order valence-electron chi connectivity index (χ4n) is 2.72. The molecule has 10 heteroatoms. The van der Waals surface area contributed by atoms with Crippen LogP contribution in [-0.2, 0) is 9.53 Å². The Bertz CT molecular complexity index is 1070. The normalized spacial score (nSPS) is 10.4. The maximum atomic E-state index is 10.8. The Labute approximate surface area is 234 Å². The van der Waals surface area contributed by atoms with Crippen LogP contribution in [0.25, 0.3) is 11.4 Å². The van der Waals surface area contributed by atoms with Crippen molar-refractivity contribution in [3.8, 4) is 11.4 Å². The monoisotopic (exact) mass is 474 g/mol. The first-order chi connectivity index (χ1) is 15.6. The average molecular weight is 475 g/mol. The van der Waals surface area contributed by atoms with Gasteiger partial charge in [-0.1, -0.05) is 12.1 Å². The molecule has 0 saturated carbocycles. The van der Waals surface area contributed by atoms with E-state index in [1.165, 1.54) is 7.11 Å². The molecule has 1 unspecified atom stereocenters. The predicted octanol–water partition coefficient (Wildman–Crippen LogP) is -1.39. The second-order valence-corrected chi connectivity index (χ2v) is 6.14. The van der Waals surface area contributed by atoms with Gasteiger partial charge in [0.05, 0.1) is 17.3 Å². The zero-order valence-electron chi connectivity index (χ0n) is 18.6. The third-order valence-corrected chi connectivity index (χ3v) is 4.21. The second-order valence-electron chi connectivity index (χ2n) is 6.14. The van der Waals surface area contributed by atoms with Crippen LogP contribution in [0.1, 0.15) is 22.0 Å². The number of ether oxygens (including phenoxy) is 1. The minimum absolute atomic E-state index is 0. The fraction of sp³-hybridized carbons (Fsp3) is 0.130. The van der Waals surface area contributed by atoms with Gasteiger partial charge in [-0.2, -0.15) is 10.2 Å². The molecule has 4 rings (SSSR count). The number of aliphatic hydroxyl groups is 1. The largest absolute Gasteiger partial charge is 1.00 e. The molecule has 4 aromatic rings. The van der Waals surface area contributed by atoms with Crippen molar-refractivity contribution in [3.05, 3.63) is 96.6 Å². The molecule has 1 atom stereocenters. The second kappa shape index (κ2) is 15.4. The van der Waals surface area contributed by atoms with Gasteiger partial charge >= 0.3 is 51.4 Å². The molecule has 0 fully saturated rings. The number of hydrogen-bond donors (Lipinski definition) is 1. The summed E-state index contributed by atoms with van der Waals surface area (Å²) in [7, 11) is 2.34. The molecule has 0 bridgehead atoms. The summed E-state index contributed by atoms with van der Waals surface area (Å²) in [5, 5.41) is 25.9. The van der Waals surface area contributed by atoms with E-state index in [1.54, 1.807) is 58.2 Å². The van der Waals surface area contributed by atoms with Gasteiger partial charge in [0.1, 0.15) is 12.4 Å². The van der Waals surface area contributed by atoms with E-state index in [2.05, 4.69) is 10.2 Å². The van der Waals surface area contributed by atoms with Crippen molar-refractivity contribution < 1.29 is 75.9 Å². The predicted molar refractivity (Wildman–Crippen MR) is 115 cm³/mol. The Morgan fingerprint density at radius 2 is 1.39 bits per heavy atom. The Balaban J connectivity index is 0.000000306. The summed E-state index contributed by atoms with van der Waals surface area (Å²) in [5.74, 6) is -1.25. The van der Waals surface area contributed by atoms with Gasteiger partial charge in [-0.3, -0.25) is 4.79 Å². The van der Waals surface area contributed by atoms with Crippen molar-refractivity contribution in [1.82, 2.24) is 19.6 Å². The molecule has 1 N–H and O–H groups in total. The van der Waals surface area contributed by atoms with Gasteiger partial charge in [0.15, 0.2) is 0 Å². The van der Waals surface area contributed by atoms with Crippen LogP contribution in [0, 0.1) is 0 Å². The molecular formula is C23H23KN4O5. The molecule has 2 aromatic carbocycles. The van der Waals surface area contributed by atoms with Gasteiger partial charge in [0.2, 0.25) is 0 Å². The summed E-state index contributed by atoms with van der Waals surface area (Å²) in [6.07, 6.45) is 6.84. The summed E-state index contributed by atoms with van der Waals surface area (Å²) in [5.41, 5.74) is 3.03. The molecule has 0 aliphatic carbocycles. The number of carbonyl (C=O) groups is 2. The number of hydrogen-bond acceptors (Lipinski definition) is 7. The zero-order valence-corrected chi connectivity index (χ0v) is 21.7. The van der Waals surface area contributed by atoms with Gasteiger partial charge in [-0.15, -0.1) is 0 Å². The minimum atomic E-state index is -1.25. The van der Waals surface area contributed by atoms with Crippen molar-refractivity contribution in [1.29, 1.82) is 0 Å². The SMILES string of the molecule is CO.COC(C(=O)[O-])c1ccc(-n2cccn2)cc1.O=Cc1ccc(-n2cccn2)cc1.[K+]. The van der Waals surface area contributed by atoms with Crippen LogP contribution in [-0.4, -0.2) is 51.1 Å². The van der Waals surface area contributed by atoms with Crippen molar-refractivity contribution in [2.45, 2.75) is 6.10 Å². The van der Waals surface area contributed by atoms with E-state index in [0.717, 1.165) is 24.8 Å². The summed E-state index contributed by atoms with van der Waals surface area (Å²) in [6.45, 7) is 0. The van der Waals surface area contributed by atoms with Crippen LogP contribution in [0.3, 0.4) is 0 Å². The Hall–Kier alpha value is -2.44. The molecule has 0 aliphatic rings. The number of aldehydes is 1. The van der Waals surface area contributed by atoms with E-state index in [1.807, 2.05) is 36.7 Å².